The number of rotatable bonds is 6. The molecule has 5 rings (SSSR count). The number of methoxy groups -OCH3 is 1. The SMILES string of the molecule is CCN(CC)c1ccc([C@H]2Nc3ccccc3NC3=C2C(=O)C[C@H](c2cccc(OC)c2)C3)cc1. The Morgan fingerprint density at radius 1 is 0.886 bits per heavy atom. The minimum atomic E-state index is -0.203. The highest BCUT2D eigenvalue weighted by molar-refractivity contribution is 6.01. The molecule has 35 heavy (non-hydrogen) atoms. The van der Waals surface area contributed by atoms with Gasteiger partial charge in [-0.15, -0.1) is 0 Å². The second kappa shape index (κ2) is 9.87. The number of ether oxygens (including phenoxy) is 1. The predicted molar refractivity (Wildman–Crippen MR) is 143 cm³/mol. The van der Waals surface area contributed by atoms with E-state index in [9.17, 15) is 4.79 Å². The van der Waals surface area contributed by atoms with Gasteiger partial charge in [0.15, 0.2) is 5.78 Å². The highest BCUT2D eigenvalue weighted by Crippen LogP contribution is 2.44. The maximum absolute atomic E-state index is 13.7. The fraction of sp³-hybridized carbons (Fsp3) is 0.300. The molecule has 5 heteroatoms. The molecule has 180 valence electrons. The highest BCUT2D eigenvalue weighted by Gasteiger charge is 2.36. The largest absolute Gasteiger partial charge is 0.497 e. The normalized spacial score (nSPS) is 19.1. The van der Waals surface area contributed by atoms with Crippen molar-refractivity contribution in [2.45, 2.75) is 38.6 Å². The number of anilines is 3. The lowest BCUT2D eigenvalue weighted by Crippen LogP contribution is -2.27. The second-order valence-corrected chi connectivity index (χ2v) is 9.21. The van der Waals surface area contributed by atoms with Gasteiger partial charge >= 0.3 is 0 Å². The average molecular weight is 468 g/mol. The number of hydrogen-bond donors (Lipinski definition) is 2. The summed E-state index contributed by atoms with van der Waals surface area (Å²) in [6.45, 7) is 6.27. The van der Waals surface area contributed by atoms with Crippen LogP contribution in [0.25, 0.3) is 0 Å². The van der Waals surface area contributed by atoms with E-state index in [2.05, 4.69) is 77.9 Å². The molecule has 3 aromatic carbocycles. The first-order valence-corrected chi connectivity index (χ1v) is 12.5. The van der Waals surface area contributed by atoms with Crippen molar-refractivity contribution in [1.82, 2.24) is 0 Å². The first kappa shape index (κ1) is 23.0. The van der Waals surface area contributed by atoms with E-state index in [1.54, 1.807) is 7.11 Å². The molecule has 5 nitrogen and oxygen atoms in total. The molecule has 0 bridgehead atoms. The molecule has 0 radical (unpaired) electrons. The van der Waals surface area contributed by atoms with Crippen molar-refractivity contribution in [2.75, 3.05) is 35.7 Å². The third-order valence-corrected chi connectivity index (χ3v) is 7.23. The molecule has 2 atom stereocenters. The molecule has 2 aliphatic rings. The van der Waals surface area contributed by atoms with Crippen LogP contribution in [0.5, 0.6) is 5.75 Å². The maximum Gasteiger partial charge on any atom is 0.163 e. The van der Waals surface area contributed by atoms with Crippen LogP contribution in [0.4, 0.5) is 17.1 Å². The third-order valence-electron chi connectivity index (χ3n) is 7.23. The van der Waals surface area contributed by atoms with Crippen LogP contribution in [0.2, 0.25) is 0 Å². The van der Waals surface area contributed by atoms with Crippen LogP contribution < -0.4 is 20.3 Å². The van der Waals surface area contributed by atoms with Gasteiger partial charge in [-0.3, -0.25) is 4.79 Å². The van der Waals surface area contributed by atoms with Crippen LogP contribution >= 0.6 is 0 Å². The highest BCUT2D eigenvalue weighted by atomic mass is 16.5. The van der Waals surface area contributed by atoms with Gasteiger partial charge in [-0.1, -0.05) is 36.4 Å². The molecule has 1 aliphatic heterocycles. The fourth-order valence-electron chi connectivity index (χ4n) is 5.34. The lowest BCUT2D eigenvalue weighted by Gasteiger charge is -2.30. The minimum absolute atomic E-state index is 0.111. The Labute approximate surface area is 207 Å². The van der Waals surface area contributed by atoms with Crippen molar-refractivity contribution in [1.29, 1.82) is 0 Å². The van der Waals surface area contributed by atoms with Crippen molar-refractivity contribution in [2.24, 2.45) is 0 Å². The number of hydrogen-bond acceptors (Lipinski definition) is 5. The summed E-state index contributed by atoms with van der Waals surface area (Å²) in [4.78, 5) is 16.1. The molecule has 0 spiro atoms. The fourth-order valence-corrected chi connectivity index (χ4v) is 5.34. The number of carbonyl (C=O) groups is 1. The summed E-state index contributed by atoms with van der Waals surface area (Å²) in [5.74, 6) is 1.12. The molecule has 0 fully saturated rings. The molecule has 0 unspecified atom stereocenters. The molecule has 0 saturated heterocycles. The average Bonchev–Trinajstić information content (AvgIpc) is 3.07. The van der Waals surface area contributed by atoms with Crippen LogP contribution in [0.3, 0.4) is 0 Å². The van der Waals surface area contributed by atoms with Crippen LogP contribution in [-0.2, 0) is 4.79 Å². The summed E-state index contributed by atoms with van der Waals surface area (Å²) in [5.41, 5.74) is 7.29. The lowest BCUT2D eigenvalue weighted by atomic mass is 9.78. The van der Waals surface area contributed by atoms with Gasteiger partial charge in [0.2, 0.25) is 0 Å². The number of Topliss-reactive ketones (excluding diaryl/α,β-unsaturated/α-hetero) is 1. The number of carbonyl (C=O) groups excluding carboxylic acids is 1. The third kappa shape index (κ3) is 4.51. The zero-order valence-electron chi connectivity index (χ0n) is 20.7. The Kier molecular flexibility index (Phi) is 6.49. The maximum atomic E-state index is 13.7. The van der Waals surface area contributed by atoms with Gasteiger partial charge in [-0.05, 0) is 73.7 Å². The molecule has 0 saturated carbocycles. The van der Waals surface area contributed by atoms with E-state index in [1.165, 1.54) is 5.69 Å². The van der Waals surface area contributed by atoms with Crippen molar-refractivity contribution in [3.8, 4) is 5.75 Å². The Hall–Kier alpha value is -3.73. The van der Waals surface area contributed by atoms with Crippen molar-refractivity contribution in [3.63, 3.8) is 0 Å². The van der Waals surface area contributed by atoms with Gasteiger partial charge in [0.05, 0.1) is 24.5 Å². The van der Waals surface area contributed by atoms with Gasteiger partial charge in [0, 0.05) is 36.5 Å². The molecule has 0 amide bonds. The molecule has 2 N–H and O–H groups in total. The number of nitrogens with one attached hydrogen (secondary N) is 2. The number of ketones is 1. The summed E-state index contributed by atoms with van der Waals surface area (Å²) < 4.78 is 5.44. The van der Waals surface area contributed by atoms with Crippen molar-refractivity contribution in [3.05, 3.63) is 95.2 Å². The van der Waals surface area contributed by atoms with Crippen LogP contribution in [0, 0.1) is 0 Å². The number of benzene rings is 3. The first-order chi connectivity index (χ1) is 17.1. The monoisotopic (exact) mass is 467 g/mol. The standard InChI is InChI=1S/C30H33N3O2/c1-4-33(5-2)23-15-13-20(14-16-23)30-29-27(31-25-11-6-7-12-26(25)32-30)18-22(19-28(29)34)21-9-8-10-24(17-21)35-3/h6-17,22,30-32H,4-5,18-19H2,1-3H3/t22-,30-/m1/s1. The van der Waals surface area contributed by atoms with E-state index in [4.69, 9.17) is 4.74 Å². The zero-order chi connectivity index (χ0) is 24.4. The summed E-state index contributed by atoms with van der Waals surface area (Å²) in [6.07, 6.45) is 1.26. The van der Waals surface area contributed by atoms with E-state index in [-0.39, 0.29) is 17.7 Å². The van der Waals surface area contributed by atoms with Crippen LogP contribution in [0.1, 0.15) is 49.8 Å². The smallest absolute Gasteiger partial charge is 0.163 e. The molecular weight excluding hydrogens is 434 g/mol. The van der Waals surface area contributed by atoms with Crippen LogP contribution in [0.15, 0.2) is 84.1 Å². The number of para-hydroxylation sites is 2. The van der Waals surface area contributed by atoms with E-state index < -0.39 is 0 Å². The molecular formula is C30H33N3O2. The molecule has 0 aromatic heterocycles. The van der Waals surface area contributed by atoms with Gasteiger partial charge in [-0.2, -0.15) is 0 Å². The Morgan fingerprint density at radius 3 is 2.34 bits per heavy atom. The lowest BCUT2D eigenvalue weighted by molar-refractivity contribution is -0.116. The van der Waals surface area contributed by atoms with E-state index in [1.807, 2.05) is 24.3 Å². The van der Waals surface area contributed by atoms with Gasteiger partial charge < -0.3 is 20.3 Å². The molecule has 1 heterocycles. The number of fused-ring (bicyclic) bond motifs is 1. The van der Waals surface area contributed by atoms with E-state index in [0.717, 1.165) is 59.0 Å². The number of nitrogens with zero attached hydrogens (tertiary/aromatic N) is 1. The van der Waals surface area contributed by atoms with Gasteiger partial charge in [-0.25, -0.2) is 0 Å². The summed E-state index contributed by atoms with van der Waals surface area (Å²) in [7, 11) is 1.68. The second-order valence-electron chi connectivity index (χ2n) is 9.21. The Bertz CT molecular complexity index is 1240. The quantitative estimate of drug-likeness (QED) is 0.432. The van der Waals surface area contributed by atoms with Gasteiger partial charge in [0.1, 0.15) is 5.75 Å². The molecule has 3 aromatic rings. The van der Waals surface area contributed by atoms with Crippen LogP contribution in [-0.4, -0.2) is 26.0 Å². The van der Waals surface area contributed by atoms with Crippen molar-refractivity contribution >= 4 is 22.8 Å². The number of allylic oxidation sites excluding steroid dienone is 1. The summed E-state index contributed by atoms with van der Waals surface area (Å²) in [5, 5.41) is 7.30. The van der Waals surface area contributed by atoms with E-state index in [0.29, 0.717) is 6.42 Å². The first-order valence-electron chi connectivity index (χ1n) is 12.5. The summed E-state index contributed by atoms with van der Waals surface area (Å²) >= 11 is 0. The topological polar surface area (TPSA) is 53.6 Å². The predicted octanol–water partition coefficient (Wildman–Crippen LogP) is 6.52. The Balaban J connectivity index is 1.55. The zero-order valence-corrected chi connectivity index (χ0v) is 20.7. The van der Waals surface area contributed by atoms with E-state index >= 15 is 0 Å². The Morgan fingerprint density at radius 2 is 1.63 bits per heavy atom. The molecule has 1 aliphatic carbocycles. The summed E-state index contributed by atoms with van der Waals surface area (Å²) in [6, 6.07) is 24.7. The van der Waals surface area contributed by atoms with Crippen molar-refractivity contribution < 1.29 is 9.53 Å². The minimum Gasteiger partial charge on any atom is -0.497 e. The van der Waals surface area contributed by atoms with Gasteiger partial charge in [0.25, 0.3) is 0 Å².